The van der Waals surface area contributed by atoms with Crippen molar-refractivity contribution >= 4 is 5.97 Å². The number of carboxylic acids is 1. The highest BCUT2D eigenvalue weighted by atomic mass is 16.4. The average Bonchev–Trinajstić information content (AvgIpc) is 2.59. The molecule has 1 heterocycles. The number of rotatable bonds is 6. The first-order valence-electron chi connectivity index (χ1n) is 6.81. The van der Waals surface area contributed by atoms with Crippen LogP contribution in [0.2, 0.25) is 0 Å². The number of nitrogens with zero attached hydrogens (tertiary/aromatic N) is 3. The number of hydrogen-bond acceptors (Lipinski definition) is 3. The number of aliphatic carboxylic acids is 1. The van der Waals surface area contributed by atoms with Crippen molar-refractivity contribution in [3.05, 3.63) is 17.0 Å². The highest BCUT2D eigenvalue weighted by molar-refractivity contribution is 5.69. The quantitative estimate of drug-likeness (QED) is 0.859. The fraction of sp³-hybridized carbons (Fsp3) is 0.714. The molecule has 0 amide bonds. The molecule has 0 aliphatic rings. The van der Waals surface area contributed by atoms with Crippen LogP contribution in [0.3, 0.4) is 0 Å². The van der Waals surface area contributed by atoms with Crippen LogP contribution in [0.1, 0.15) is 50.7 Å². The maximum absolute atomic E-state index is 11.0. The zero-order valence-corrected chi connectivity index (χ0v) is 12.8. The monoisotopic (exact) mass is 267 g/mol. The molecule has 0 saturated carbocycles. The molecule has 1 unspecified atom stereocenters. The largest absolute Gasteiger partial charge is 0.480 e. The first kappa shape index (κ1) is 15.7. The van der Waals surface area contributed by atoms with E-state index in [1.54, 1.807) is 0 Å². The summed E-state index contributed by atoms with van der Waals surface area (Å²) in [5.74, 6) is -0.793. The summed E-state index contributed by atoms with van der Waals surface area (Å²) in [5, 5.41) is 13.6. The van der Waals surface area contributed by atoms with Crippen molar-refractivity contribution in [3.63, 3.8) is 0 Å². The van der Waals surface area contributed by atoms with Gasteiger partial charge in [0.1, 0.15) is 0 Å². The summed E-state index contributed by atoms with van der Waals surface area (Å²) in [6, 6.07) is 0.228. The summed E-state index contributed by atoms with van der Waals surface area (Å²) in [4.78, 5) is 13.0. The second-order valence-electron chi connectivity index (χ2n) is 5.24. The van der Waals surface area contributed by atoms with E-state index in [1.807, 2.05) is 30.4 Å². The molecule has 1 N–H and O–H groups in total. The van der Waals surface area contributed by atoms with Crippen molar-refractivity contribution in [2.45, 2.75) is 60.2 Å². The van der Waals surface area contributed by atoms with E-state index in [9.17, 15) is 4.79 Å². The molecule has 1 atom stereocenters. The van der Waals surface area contributed by atoms with E-state index in [1.165, 1.54) is 0 Å². The van der Waals surface area contributed by atoms with Crippen LogP contribution in [0, 0.1) is 13.8 Å². The molecule has 0 saturated heterocycles. The predicted octanol–water partition coefficient (Wildman–Crippen LogP) is 2.38. The number of carboxylic acid groups (broad SMARTS) is 1. The van der Waals surface area contributed by atoms with Gasteiger partial charge in [-0.3, -0.25) is 14.4 Å². The minimum atomic E-state index is -0.793. The average molecular weight is 267 g/mol. The number of hydrogen-bond donors (Lipinski definition) is 1. The van der Waals surface area contributed by atoms with Gasteiger partial charge in [0.25, 0.3) is 0 Å². The Labute approximate surface area is 115 Å². The van der Waals surface area contributed by atoms with E-state index >= 15 is 0 Å². The lowest BCUT2D eigenvalue weighted by Crippen LogP contribution is -2.38. The van der Waals surface area contributed by atoms with Crippen molar-refractivity contribution < 1.29 is 9.90 Å². The topological polar surface area (TPSA) is 58.4 Å². The summed E-state index contributed by atoms with van der Waals surface area (Å²) in [5.41, 5.74) is 3.27. The first-order chi connectivity index (χ1) is 8.79. The van der Waals surface area contributed by atoms with E-state index < -0.39 is 5.97 Å². The molecule has 5 heteroatoms. The van der Waals surface area contributed by atoms with Crippen molar-refractivity contribution in [2.75, 3.05) is 6.54 Å². The van der Waals surface area contributed by atoms with Crippen LogP contribution in [0.15, 0.2) is 0 Å². The second kappa shape index (κ2) is 6.19. The van der Waals surface area contributed by atoms with Crippen LogP contribution in [0.25, 0.3) is 0 Å². The summed E-state index contributed by atoms with van der Waals surface area (Å²) in [6.07, 6.45) is 0. The molecule has 1 rings (SSSR count). The standard InChI is InChI=1S/C14H25N3O2/c1-7-17-12(6)14(10(4)15-17)11(5)16(9(2)3)8-13(18)19/h9,11H,7-8H2,1-6H3,(H,18,19). The summed E-state index contributed by atoms with van der Waals surface area (Å²) in [7, 11) is 0. The Kier molecular flexibility index (Phi) is 5.11. The number of aromatic nitrogens is 2. The van der Waals surface area contributed by atoms with Gasteiger partial charge < -0.3 is 5.11 Å². The van der Waals surface area contributed by atoms with E-state index in [2.05, 4.69) is 25.9 Å². The normalized spacial score (nSPS) is 13.3. The van der Waals surface area contributed by atoms with Gasteiger partial charge in [0, 0.05) is 29.9 Å². The van der Waals surface area contributed by atoms with Gasteiger partial charge in [0.2, 0.25) is 0 Å². The Morgan fingerprint density at radius 2 is 1.95 bits per heavy atom. The maximum atomic E-state index is 11.0. The van der Waals surface area contributed by atoms with Gasteiger partial charge >= 0.3 is 5.97 Å². The molecule has 0 aromatic carbocycles. The van der Waals surface area contributed by atoms with Crippen molar-refractivity contribution in [1.82, 2.24) is 14.7 Å². The highest BCUT2D eigenvalue weighted by Gasteiger charge is 2.26. The minimum Gasteiger partial charge on any atom is -0.480 e. The maximum Gasteiger partial charge on any atom is 0.317 e. The Morgan fingerprint density at radius 1 is 1.37 bits per heavy atom. The molecule has 0 radical (unpaired) electrons. The summed E-state index contributed by atoms with van der Waals surface area (Å²) >= 11 is 0. The van der Waals surface area contributed by atoms with Gasteiger partial charge in [-0.15, -0.1) is 0 Å². The van der Waals surface area contributed by atoms with Crippen molar-refractivity contribution in [3.8, 4) is 0 Å². The Bertz CT molecular complexity index is 452. The smallest absolute Gasteiger partial charge is 0.317 e. The molecule has 1 aromatic heterocycles. The molecule has 0 fully saturated rings. The third kappa shape index (κ3) is 3.35. The fourth-order valence-corrected chi connectivity index (χ4v) is 2.71. The van der Waals surface area contributed by atoms with Crippen LogP contribution < -0.4 is 0 Å². The number of carbonyl (C=O) groups is 1. The molecule has 0 aliphatic carbocycles. The number of aryl methyl sites for hydroxylation is 2. The Morgan fingerprint density at radius 3 is 2.32 bits per heavy atom. The van der Waals surface area contributed by atoms with Gasteiger partial charge in [-0.1, -0.05) is 0 Å². The van der Waals surface area contributed by atoms with E-state index in [4.69, 9.17) is 5.11 Å². The van der Waals surface area contributed by atoms with Crippen molar-refractivity contribution in [1.29, 1.82) is 0 Å². The van der Waals surface area contributed by atoms with Gasteiger partial charge in [0.05, 0.1) is 12.2 Å². The zero-order chi connectivity index (χ0) is 14.7. The van der Waals surface area contributed by atoms with Gasteiger partial charge in [-0.2, -0.15) is 5.10 Å². The molecule has 108 valence electrons. The lowest BCUT2D eigenvalue weighted by Gasteiger charge is -2.31. The fourth-order valence-electron chi connectivity index (χ4n) is 2.71. The molecule has 19 heavy (non-hydrogen) atoms. The zero-order valence-electron chi connectivity index (χ0n) is 12.8. The molecular formula is C14H25N3O2. The van der Waals surface area contributed by atoms with Crippen LogP contribution >= 0.6 is 0 Å². The summed E-state index contributed by atoms with van der Waals surface area (Å²) < 4.78 is 1.97. The summed E-state index contributed by atoms with van der Waals surface area (Å²) in [6.45, 7) is 13.1. The van der Waals surface area contributed by atoms with Crippen LogP contribution in [0.5, 0.6) is 0 Å². The molecule has 5 nitrogen and oxygen atoms in total. The third-order valence-electron chi connectivity index (χ3n) is 3.63. The molecule has 0 spiro atoms. The van der Waals surface area contributed by atoms with Gasteiger partial charge in [0.15, 0.2) is 0 Å². The first-order valence-corrected chi connectivity index (χ1v) is 6.81. The molecule has 0 aliphatic heterocycles. The Balaban J connectivity index is 3.12. The Hall–Kier alpha value is -1.36. The molecular weight excluding hydrogens is 242 g/mol. The van der Waals surface area contributed by atoms with E-state index in [-0.39, 0.29) is 18.6 Å². The second-order valence-corrected chi connectivity index (χ2v) is 5.24. The highest BCUT2D eigenvalue weighted by Crippen LogP contribution is 2.27. The van der Waals surface area contributed by atoms with Gasteiger partial charge in [-0.05, 0) is 41.5 Å². The predicted molar refractivity (Wildman–Crippen MR) is 75.3 cm³/mol. The minimum absolute atomic E-state index is 0.0506. The third-order valence-corrected chi connectivity index (χ3v) is 3.63. The van der Waals surface area contributed by atoms with E-state index in [0.717, 1.165) is 23.5 Å². The molecule has 0 bridgehead atoms. The SMILES string of the molecule is CCn1nc(C)c(C(C)N(CC(=O)O)C(C)C)c1C. The molecule has 1 aromatic rings. The lowest BCUT2D eigenvalue weighted by atomic mass is 10.0. The van der Waals surface area contributed by atoms with Crippen LogP contribution in [0.4, 0.5) is 0 Å². The van der Waals surface area contributed by atoms with Crippen LogP contribution in [-0.2, 0) is 11.3 Å². The van der Waals surface area contributed by atoms with E-state index in [0.29, 0.717) is 0 Å². The van der Waals surface area contributed by atoms with Gasteiger partial charge in [-0.25, -0.2) is 0 Å². The lowest BCUT2D eigenvalue weighted by molar-refractivity contribution is -0.139. The van der Waals surface area contributed by atoms with Crippen LogP contribution in [-0.4, -0.2) is 38.3 Å². The van der Waals surface area contributed by atoms with Crippen molar-refractivity contribution in [2.24, 2.45) is 0 Å².